The maximum atomic E-state index is 4.49. The van der Waals surface area contributed by atoms with Crippen molar-refractivity contribution in [3.63, 3.8) is 0 Å². The van der Waals surface area contributed by atoms with E-state index in [1.807, 2.05) is 11.7 Å². The molecule has 0 radical (unpaired) electrons. The summed E-state index contributed by atoms with van der Waals surface area (Å²) in [6.45, 7) is 5.15. The van der Waals surface area contributed by atoms with E-state index in [9.17, 15) is 0 Å². The summed E-state index contributed by atoms with van der Waals surface area (Å²) >= 11 is 3.55. The number of aryl methyl sites for hydroxylation is 1. The summed E-state index contributed by atoms with van der Waals surface area (Å²) in [5.74, 6) is 0. The van der Waals surface area contributed by atoms with Crippen LogP contribution in [0.2, 0.25) is 0 Å². The minimum absolute atomic E-state index is 0.328. The highest BCUT2D eigenvalue weighted by Crippen LogP contribution is 2.30. The van der Waals surface area contributed by atoms with E-state index < -0.39 is 0 Å². The molecule has 1 N–H and O–H groups in total. The van der Waals surface area contributed by atoms with Gasteiger partial charge in [0, 0.05) is 18.0 Å². The number of hydrogen-bond donors (Lipinski definition) is 1. The van der Waals surface area contributed by atoms with Crippen LogP contribution in [0.4, 0.5) is 0 Å². The van der Waals surface area contributed by atoms with Gasteiger partial charge in [0.2, 0.25) is 0 Å². The molecule has 16 heavy (non-hydrogen) atoms. The number of hydrogen-bond acceptors (Lipinski definition) is 2. The number of nitrogens with one attached hydrogen (secondary N) is 1. The quantitative estimate of drug-likeness (QED) is 0.937. The zero-order chi connectivity index (χ0) is 11.7. The van der Waals surface area contributed by atoms with Gasteiger partial charge in [-0.1, -0.05) is 12.1 Å². The highest BCUT2D eigenvalue weighted by Gasteiger charge is 2.14. The second-order valence-electron chi connectivity index (χ2n) is 3.86. The van der Waals surface area contributed by atoms with E-state index in [1.165, 1.54) is 16.5 Å². The van der Waals surface area contributed by atoms with Crippen LogP contribution in [-0.4, -0.2) is 16.8 Å². The first kappa shape index (κ1) is 11.6. The summed E-state index contributed by atoms with van der Waals surface area (Å²) in [4.78, 5) is 0. The monoisotopic (exact) mass is 281 g/mol. The summed E-state index contributed by atoms with van der Waals surface area (Å²) in [7, 11) is 1.97. The molecule has 1 unspecified atom stereocenters. The van der Waals surface area contributed by atoms with Crippen molar-refractivity contribution in [1.29, 1.82) is 0 Å². The van der Waals surface area contributed by atoms with Gasteiger partial charge in [0.1, 0.15) is 4.60 Å². The van der Waals surface area contributed by atoms with E-state index >= 15 is 0 Å². The molecule has 2 rings (SSSR count). The van der Waals surface area contributed by atoms with E-state index in [0.29, 0.717) is 6.04 Å². The van der Waals surface area contributed by atoms with Gasteiger partial charge >= 0.3 is 0 Å². The lowest BCUT2D eigenvalue weighted by molar-refractivity contribution is 0.657. The van der Waals surface area contributed by atoms with Crippen molar-refractivity contribution < 1.29 is 0 Å². The van der Waals surface area contributed by atoms with Crippen molar-refractivity contribution >= 4 is 26.8 Å². The fraction of sp³-hybridized carbons (Fsp3) is 0.417. The zero-order valence-corrected chi connectivity index (χ0v) is 11.4. The van der Waals surface area contributed by atoms with Gasteiger partial charge in [-0.15, -0.1) is 0 Å². The lowest BCUT2D eigenvalue weighted by Gasteiger charge is -2.12. The number of aromatic nitrogens is 2. The molecular weight excluding hydrogens is 266 g/mol. The average Bonchev–Trinajstić information content (AvgIpc) is 2.65. The Morgan fingerprint density at radius 3 is 2.88 bits per heavy atom. The van der Waals surface area contributed by atoms with Crippen molar-refractivity contribution in [2.75, 3.05) is 7.05 Å². The molecular formula is C12H16BrN3. The molecule has 0 bridgehead atoms. The highest BCUT2D eigenvalue weighted by molar-refractivity contribution is 9.10. The van der Waals surface area contributed by atoms with E-state index in [-0.39, 0.29) is 0 Å². The zero-order valence-electron chi connectivity index (χ0n) is 9.79. The van der Waals surface area contributed by atoms with E-state index in [4.69, 9.17) is 0 Å². The Bertz CT molecular complexity index is 504. The molecule has 0 fully saturated rings. The second kappa shape index (κ2) is 4.55. The molecule has 1 aromatic heterocycles. The number of halogens is 1. The van der Waals surface area contributed by atoms with Gasteiger partial charge in [-0.25, -0.2) is 0 Å². The van der Waals surface area contributed by atoms with Gasteiger partial charge in [0.05, 0.1) is 5.52 Å². The van der Waals surface area contributed by atoms with Crippen molar-refractivity contribution in [1.82, 2.24) is 15.1 Å². The topological polar surface area (TPSA) is 29.9 Å². The summed E-state index contributed by atoms with van der Waals surface area (Å²) in [5, 5.41) is 8.98. The molecule has 2 aromatic rings. The van der Waals surface area contributed by atoms with Gasteiger partial charge in [-0.05, 0) is 48.5 Å². The number of rotatable bonds is 3. The fourth-order valence-electron chi connectivity index (χ4n) is 1.96. The third-order valence-corrected chi connectivity index (χ3v) is 3.52. The Labute approximate surface area is 104 Å². The van der Waals surface area contributed by atoms with Crippen LogP contribution in [0.3, 0.4) is 0 Å². The molecule has 0 aliphatic heterocycles. The van der Waals surface area contributed by atoms with E-state index in [2.05, 4.69) is 58.4 Å². The largest absolute Gasteiger partial charge is 0.313 e. The molecule has 0 saturated carbocycles. The Morgan fingerprint density at radius 1 is 1.50 bits per heavy atom. The maximum absolute atomic E-state index is 4.49. The van der Waals surface area contributed by atoms with Crippen LogP contribution in [0.1, 0.15) is 25.5 Å². The molecule has 3 nitrogen and oxygen atoms in total. The molecule has 86 valence electrons. The third kappa shape index (κ3) is 1.76. The van der Waals surface area contributed by atoms with Crippen LogP contribution in [0.25, 0.3) is 10.9 Å². The van der Waals surface area contributed by atoms with Gasteiger partial charge in [-0.3, -0.25) is 4.68 Å². The van der Waals surface area contributed by atoms with Crippen LogP contribution in [0.15, 0.2) is 22.8 Å². The standard InChI is InChI=1S/C12H16BrN3/c1-4-16-10-7-5-6-9(8(2)14-3)11(10)12(13)15-16/h5-8,14H,4H2,1-3H3. The first-order valence-electron chi connectivity index (χ1n) is 5.51. The molecule has 1 heterocycles. The second-order valence-corrected chi connectivity index (χ2v) is 4.61. The molecule has 0 aliphatic carbocycles. The van der Waals surface area contributed by atoms with Gasteiger partial charge in [0.25, 0.3) is 0 Å². The van der Waals surface area contributed by atoms with E-state index in [0.717, 1.165) is 11.1 Å². The van der Waals surface area contributed by atoms with Gasteiger partial charge < -0.3 is 5.32 Å². The average molecular weight is 282 g/mol. The Morgan fingerprint density at radius 2 is 2.25 bits per heavy atom. The first-order chi connectivity index (χ1) is 7.69. The molecule has 1 atom stereocenters. The van der Waals surface area contributed by atoms with Crippen LogP contribution < -0.4 is 5.32 Å². The van der Waals surface area contributed by atoms with Gasteiger partial charge in [-0.2, -0.15) is 5.10 Å². The molecule has 0 saturated heterocycles. The lowest BCUT2D eigenvalue weighted by atomic mass is 10.0. The predicted molar refractivity (Wildman–Crippen MR) is 70.6 cm³/mol. The van der Waals surface area contributed by atoms with Crippen LogP contribution >= 0.6 is 15.9 Å². The third-order valence-electron chi connectivity index (χ3n) is 2.97. The molecule has 0 amide bonds. The lowest BCUT2D eigenvalue weighted by Crippen LogP contribution is -2.12. The summed E-state index contributed by atoms with van der Waals surface area (Å²) < 4.78 is 2.95. The summed E-state index contributed by atoms with van der Waals surface area (Å²) in [5.41, 5.74) is 2.47. The first-order valence-corrected chi connectivity index (χ1v) is 6.30. The molecule has 1 aromatic carbocycles. The number of benzene rings is 1. The van der Waals surface area contributed by atoms with E-state index in [1.54, 1.807) is 0 Å². The Balaban J connectivity index is 2.72. The SMILES string of the molecule is CCn1nc(Br)c2c(C(C)NC)cccc21. The van der Waals surface area contributed by atoms with Crippen molar-refractivity contribution in [3.05, 3.63) is 28.4 Å². The molecule has 0 aliphatic rings. The molecule has 0 spiro atoms. The minimum atomic E-state index is 0.328. The smallest absolute Gasteiger partial charge is 0.136 e. The van der Waals surface area contributed by atoms with Crippen LogP contribution in [-0.2, 0) is 6.54 Å². The highest BCUT2D eigenvalue weighted by atomic mass is 79.9. The summed E-state index contributed by atoms with van der Waals surface area (Å²) in [6.07, 6.45) is 0. The minimum Gasteiger partial charge on any atom is -0.313 e. The van der Waals surface area contributed by atoms with Crippen molar-refractivity contribution in [3.8, 4) is 0 Å². The Hall–Kier alpha value is -0.870. The Kier molecular flexibility index (Phi) is 3.30. The maximum Gasteiger partial charge on any atom is 0.136 e. The number of nitrogens with zero attached hydrogens (tertiary/aromatic N) is 2. The fourth-order valence-corrected chi connectivity index (χ4v) is 2.59. The predicted octanol–water partition coefficient (Wildman–Crippen LogP) is 3.10. The van der Waals surface area contributed by atoms with Gasteiger partial charge in [0.15, 0.2) is 0 Å². The summed E-state index contributed by atoms with van der Waals surface area (Å²) in [6, 6.07) is 6.68. The van der Waals surface area contributed by atoms with Crippen LogP contribution in [0.5, 0.6) is 0 Å². The van der Waals surface area contributed by atoms with Crippen molar-refractivity contribution in [2.24, 2.45) is 0 Å². The van der Waals surface area contributed by atoms with Crippen molar-refractivity contribution in [2.45, 2.75) is 26.4 Å². The molecule has 4 heteroatoms. The number of fused-ring (bicyclic) bond motifs is 1. The normalized spacial score (nSPS) is 13.2. The van der Waals surface area contributed by atoms with Crippen LogP contribution in [0, 0.1) is 0 Å².